The number of carboxylic acid groups (broad SMARTS) is 1. The highest BCUT2D eigenvalue weighted by Gasteiger charge is 2.19. The maximum absolute atomic E-state index is 11.1. The molecule has 18 heavy (non-hydrogen) atoms. The fourth-order valence-corrected chi connectivity index (χ4v) is 2.81. The number of rotatable bonds is 2. The number of nitrogens with zero attached hydrogens (tertiary/aromatic N) is 4. The standard InChI is InChI=1S/C11H8N4O2S/c1-6-7-9(15-4-2-3-14-15)12-5-13-10(7)18-8(6)11(16)17/h2-5H,1H3,(H,16,17). The van der Waals surface area contributed by atoms with Crippen molar-refractivity contribution < 1.29 is 9.90 Å². The number of hydrogen-bond donors (Lipinski definition) is 1. The van der Waals surface area contributed by atoms with Crippen LogP contribution in [0.25, 0.3) is 16.0 Å². The molecule has 0 fully saturated rings. The molecular formula is C11H8N4O2S. The number of fused-ring (bicyclic) bond motifs is 1. The molecule has 0 unspecified atom stereocenters. The maximum atomic E-state index is 11.1. The number of aromatic carboxylic acids is 1. The molecule has 3 heterocycles. The van der Waals surface area contributed by atoms with Crippen LogP contribution in [0.2, 0.25) is 0 Å². The van der Waals surface area contributed by atoms with Gasteiger partial charge in [0.2, 0.25) is 0 Å². The van der Waals surface area contributed by atoms with E-state index < -0.39 is 5.97 Å². The molecule has 6 nitrogen and oxygen atoms in total. The molecule has 0 spiro atoms. The van der Waals surface area contributed by atoms with Crippen LogP contribution >= 0.6 is 11.3 Å². The van der Waals surface area contributed by atoms with Gasteiger partial charge >= 0.3 is 5.97 Å². The zero-order chi connectivity index (χ0) is 12.7. The molecule has 0 amide bonds. The van der Waals surface area contributed by atoms with Crippen molar-refractivity contribution in [3.63, 3.8) is 0 Å². The van der Waals surface area contributed by atoms with Crippen molar-refractivity contribution in [1.82, 2.24) is 19.7 Å². The molecule has 0 radical (unpaired) electrons. The Kier molecular flexibility index (Phi) is 2.34. The first-order chi connectivity index (χ1) is 8.68. The minimum absolute atomic E-state index is 0.291. The molecule has 3 aromatic heterocycles. The Morgan fingerprint density at radius 3 is 2.94 bits per heavy atom. The van der Waals surface area contributed by atoms with Gasteiger partial charge in [0, 0.05) is 12.4 Å². The van der Waals surface area contributed by atoms with Gasteiger partial charge in [0.1, 0.15) is 16.0 Å². The van der Waals surface area contributed by atoms with Gasteiger partial charge in [0.15, 0.2) is 5.82 Å². The quantitative estimate of drug-likeness (QED) is 0.760. The third-order valence-electron chi connectivity index (χ3n) is 2.62. The van der Waals surface area contributed by atoms with E-state index in [0.29, 0.717) is 21.1 Å². The van der Waals surface area contributed by atoms with Crippen LogP contribution in [-0.4, -0.2) is 30.8 Å². The lowest BCUT2D eigenvalue weighted by Crippen LogP contribution is -2.00. The Hall–Kier alpha value is -2.28. The molecule has 3 rings (SSSR count). The van der Waals surface area contributed by atoms with Gasteiger partial charge in [-0.2, -0.15) is 5.10 Å². The zero-order valence-electron chi connectivity index (χ0n) is 9.36. The van der Waals surface area contributed by atoms with Crippen LogP contribution < -0.4 is 0 Å². The molecule has 7 heteroatoms. The van der Waals surface area contributed by atoms with Crippen molar-refractivity contribution in [3.05, 3.63) is 35.2 Å². The first-order valence-electron chi connectivity index (χ1n) is 5.16. The summed E-state index contributed by atoms with van der Waals surface area (Å²) in [6, 6.07) is 1.79. The lowest BCUT2D eigenvalue weighted by molar-refractivity contribution is 0.0701. The molecule has 90 valence electrons. The molecule has 0 bridgehead atoms. The summed E-state index contributed by atoms with van der Waals surface area (Å²) in [7, 11) is 0. The third-order valence-corrected chi connectivity index (χ3v) is 3.81. The molecule has 0 aromatic carbocycles. The molecule has 0 aliphatic heterocycles. The number of aromatic nitrogens is 4. The highest BCUT2D eigenvalue weighted by molar-refractivity contribution is 7.20. The van der Waals surface area contributed by atoms with E-state index in [-0.39, 0.29) is 0 Å². The van der Waals surface area contributed by atoms with Crippen molar-refractivity contribution in [2.24, 2.45) is 0 Å². The number of thiophene rings is 1. The molecule has 3 aromatic rings. The second-order valence-electron chi connectivity index (χ2n) is 3.69. The number of aryl methyl sites for hydroxylation is 1. The van der Waals surface area contributed by atoms with E-state index in [4.69, 9.17) is 5.11 Å². The summed E-state index contributed by atoms with van der Waals surface area (Å²) < 4.78 is 1.61. The van der Waals surface area contributed by atoms with Gasteiger partial charge in [-0.3, -0.25) is 0 Å². The highest BCUT2D eigenvalue weighted by atomic mass is 32.1. The second kappa shape index (κ2) is 3.88. The molecule has 0 saturated heterocycles. The van der Waals surface area contributed by atoms with Gasteiger partial charge in [-0.25, -0.2) is 19.4 Å². The fourth-order valence-electron chi connectivity index (χ4n) is 1.82. The summed E-state index contributed by atoms with van der Waals surface area (Å²) >= 11 is 1.15. The van der Waals surface area contributed by atoms with E-state index in [9.17, 15) is 4.79 Å². The molecule has 0 aliphatic carbocycles. The topological polar surface area (TPSA) is 80.9 Å². The van der Waals surface area contributed by atoms with Crippen LogP contribution in [-0.2, 0) is 0 Å². The summed E-state index contributed by atoms with van der Waals surface area (Å²) in [5.74, 6) is -0.340. The fraction of sp³-hybridized carbons (Fsp3) is 0.0909. The van der Waals surface area contributed by atoms with Crippen LogP contribution in [0.3, 0.4) is 0 Å². The van der Waals surface area contributed by atoms with Crippen LogP contribution in [0.4, 0.5) is 0 Å². The Balaban J connectivity index is 2.37. The van der Waals surface area contributed by atoms with E-state index in [1.807, 2.05) is 0 Å². The predicted molar refractivity (Wildman–Crippen MR) is 66.2 cm³/mol. The van der Waals surface area contributed by atoms with Crippen LogP contribution in [0.1, 0.15) is 15.2 Å². The normalized spacial score (nSPS) is 10.9. The average molecular weight is 260 g/mol. The lowest BCUT2D eigenvalue weighted by Gasteiger charge is -2.02. The smallest absolute Gasteiger partial charge is 0.346 e. The Bertz CT molecular complexity index is 733. The summed E-state index contributed by atoms with van der Waals surface area (Å²) in [6.45, 7) is 1.76. The van der Waals surface area contributed by atoms with E-state index in [0.717, 1.165) is 16.7 Å². The SMILES string of the molecule is Cc1c(C(=O)O)sc2ncnc(-n3cccn3)c12. The van der Waals surface area contributed by atoms with Gasteiger partial charge in [0.25, 0.3) is 0 Å². The zero-order valence-corrected chi connectivity index (χ0v) is 10.2. The predicted octanol–water partition coefficient (Wildman–Crippen LogP) is 1.88. The van der Waals surface area contributed by atoms with Gasteiger partial charge in [-0.05, 0) is 18.6 Å². The number of carboxylic acids is 1. The monoisotopic (exact) mass is 260 g/mol. The van der Waals surface area contributed by atoms with E-state index in [1.165, 1.54) is 6.33 Å². The number of carbonyl (C=O) groups is 1. The minimum atomic E-state index is -0.943. The van der Waals surface area contributed by atoms with Crippen molar-refractivity contribution in [2.45, 2.75) is 6.92 Å². The van der Waals surface area contributed by atoms with Crippen molar-refractivity contribution >= 4 is 27.5 Å². The molecule has 1 N–H and O–H groups in total. The van der Waals surface area contributed by atoms with E-state index in [1.54, 1.807) is 30.1 Å². The van der Waals surface area contributed by atoms with Crippen molar-refractivity contribution in [1.29, 1.82) is 0 Å². The first-order valence-corrected chi connectivity index (χ1v) is 5.97. The first kappa shape index (κ1) is 10.8. The van der Waals surface area contributed by atoms with Crippen LogP contribution in [0.15, 0.2) is 24.8 Å². The van der Waals surface area contributed by atoms with Gasteiger partial charge < -0.3 is 5.11 Å². The van der Waals surface area contributed by atoms with E-state index >= 15 is 0 Å². The summed E-state index contributed by atoms with van der Waals surface area (Å²) in [5.41, 5.74) is 0.675. The van der Waals surface area contributed by atoms with Crippen molar-refractivity contribution in [2.75, 3.05) is 0 Å². The summed E-state index contributed by atoms with van der Waals surface area (Å²) in [4.78, 5) is 20.4. The average Bonchev–Trinajstić information content (AvgIpc) is 2.97. The second-order valence-corrected chi connectivity index (χ2v) is 4.69. The van der Waals surface area contributed by atoms with Gasteiger partial charge in [0.05, 0.1) is 5.39 Å². The van der Waals surface area contributed by atoms with Crippen LogP contribution in [0.5, 0.6) is 0 Å². The minimum Gasteiger partial charge on any atom is -0.477 e. The largest absolute Gasteiger partial charge is 0.477 e. The molecular weight excluding hydrogens is 252 g/mol. The Labute approximate surface area is 106 Å². The summed E-state index contributed by atoms with van der Waals surface area (Å²) in [5, 5.41) is 14.0. The maximum Gasteiger partial charge on any atom is 0.346 e. The molecule has 0 atom stereocenters. The summed E-state index contributed by atoms with van der Waals surface area (Å²) in [6.07, 6.45) is 4.83. The Morgan fingerprint density at radius 2 is 2.28 bits per heavy atom. The molecule has 0 aliphatic rings. The third kappa shape index (κ3) is 1.48. The molecule has 0 saturated carbocycles. The van der Waals surface area contributed by atoms with Crippen LogP contribution in [0, 0.1) is 6.92 Å². The lowest BCUT2D eigenvalue weighted by atomic mass is 10.2. The Morgan fingerprint density at radius 1 is 1.44 bits per heavy atom. The highest BCUT2D eigenvalue weighted by Crippen LogP contribution is 2.32. The van der Waals surface area contributed by atoms with Gasteiger partial charge in [-0.15, -0.1) is 11.3 Å². The van der Waals surface area contributed by atoms with E-state index in [2.05, 4.69) is 15.1 Å². The number of hydrogen-bond acceptors (Lipinski definition) is 5. The van der Waals surface area contributed by atoms with Gasteiger partial charge in [-0.1, -0.05) is 0 Å². The van der Waals surface area contributed by atoms with Crippen molar-refractivity contribution in [3.8, 4) is 5.82 Å².